The van der Waals surface area contributed by atoms with E-state index in [9.17, 15) is 9.59 Å². The first-order chi connectivity index (χ1) is 7.46. The highest BCUT2D eigenvalue weighted by molar-refractivity contribution is 5.86. The van der Waals surface area contributed by atoms with Gasteiger partial charge in [0.15, 0.2) is 5.54 Å². The van der Waals surface area contributed by atoms with E-state index in [-0.39, 0.29) is 25.5 Å². The van der Waals surface area contributed by atoms with Gasteiger partial charge in [-0.1, -0.05) is 0 Å². The van der Waals surface area contributed by atoms with Crippen molar-refractivity contribution < 1.29 is 24.2 Å². The molecule has 0 spiro atoms. The second kappa shape index (κ2) is 7.19. The first-order valence-electron chi connectivity index (χ1n) is 5.07. The summed E-state index contributed by atoms with van der Waals surface area (Å²) < 4.78 is 9.77. The van der Waals surface area contributed by atoms with Crippen LogP contribution in [0, 0.1) is 0 Å². The van der Waals surface area contributed by atoms with Gasteiger partial charge in [0.05, 0.1) is 13.2 Å². The molecule has 0 rings (SSSR count). The second-order valence-electron chi connectivity index (χ2n) is 3.57. The largest absolute Gasteiger partial charge is 0.479 e. The minimum Gasteiger partial charge on any atom is -0.479 e. The zero-order valence-corrected chi connectivity index (χ0v) is 9.91. The van der Waals surface area contributed by atoms with Crippen molar-refractivity contribution in [1.29, 1.82) is 0 Å². The standard InChI is InChI=1S/C10H19NO5/c1-4-16-6-5-8(12)11-10(2,7-15-3)9(13)14/h4-7H2,1-3H3,(H,11,12)(H,13,14). The normalized spacial score (nSPS) is 14.2. The molecule has 6 nitrogen and oxygen atoms in total. The highest BCUT2D eigenvalue weighted by atomic mass is 16.5. The number of aliphatic carboxylic acids is 1. The lowest BCUT2D eigenvalue weighted by Crippen LogP contribution is -2.55. The van der Waals surface area contributed by atoms with Crippen LogP contribution in [0.5, 0.6) is 0 Å². The van der Waals surface area contributed by atoms with Crippen molar-refractivity contribution in [2.75, 3.05) is 26.9 Å². The predicted octanol–water partition coefficient (Wildman–Crippen LogP) is 0.0189. The Balaban J connectivity index is 4.19. The van der Waals surface area contributed by atoms with Crippen LogP contribution < -0.4 is 5.32 Å². The van der Waals surface area contributed by atoms with Crippen LogP contribution in [-0.2, 0) is 19.1 Å². The Hall–Kier alpha value is -1.14. The summed E-state index contributed by atoms with van der Waals surface area (Å²) in [6.45, 7) is 3.96. The minimum atomic E-state index is -1.39. The molecule has 94 valence electrons. The number of methoxy groups -OCH3 is 1. The zero-order valence-electron chi connectivity index (χ0n) is 9.91. The molecule has 0 aliphatic rings. The topological polar surface area (TPSA) is 84.9 Å². The summed E-state index contributed by atoms with van der Waals surface area (Å²) in [5.74, 6) is -1.49. The molecule has 0 aromatic rings. The van der Waals surface area contributed by atoms with Crippen molar-refractivity contribution in [3.05, 3.63) is 0 Å². The van der Waals surface area contributed by atoms with Crippen LogP contribution in [0.4, 0.5) is 0 Å². The number of carboxylic acids is 1. The Labute approximate surface area is 94.9 Å². The van der Waals surface area contributed by atoms with Crippen LogP contribution in [-0.4, -0.2) is 49.5 Å². The molecule has 1 unspecified atom stereocenters. The number of amides is 1. The summed E-state index contributed by atoms with van der Waals surface area (Å²) in [5, 5.41) is 11.4. The molecule has 0 saturated heterocycles. The number of hydrogen-bond acceptors (Lipinski definition) is 4. The molecular weight excluding hydrogens is 214 g/mol. The molecular formula is C10H19NO5. The summed E-state index contributed by atoms with van der Waals surface area (Å²) in [6.07, 6.45) is 0.139. The number of ether oxygens (including phenoxy) is 2. The lowest BCUT2D eigenvalue weighted by molar-refractivity contribution is -0.149. The molecule has 0 aromatic heterocycles. The SMILES string of the molecule is CCOCCC(=O)NC(C)(COC)C(=O)O. The molecule has 0 fully saturated rings. The number of nitrogens with one attached hydrogen (secondary N) is 1. The van der Waals surface area contributed by atoms with Crippen LogP contribution in [0.15, 0.2) is 0 Å². The molecule has 0 heterocycles. The van der Waals surface area contributed by atoms with Crippen molar-refractivity contribution in [3.63, 3.8) is 0 Å². The molecule has 1 atom stereocenters. The lowest BCUT2D eigenvalue weighted by atomic mass is 10.0. The summed E-state index contributed by atoms with van der Waals surface area (Å²) >= 11 is 0. The maximum atomic E-state index is 11.4. The maximum Gasteiger partial charge on any atom is 0.331 e. The van der Waals surface area contributed by atoms with Gasteiger partial charge in [-0.15, -0.1) is 0 Å². The van der Waals surface area contributed by atoms with E-state index in [1.807, 2.05) is 6.92 Å². The van der Waals surface area contributed by atoms with Gasteiger partial charge in [-0.05, 0) is 13.8 Å². The first-order valence-corrected chi connectivity index (χ1v) is 5.07. The molecule has 0 radical (unpaired) electrons. The van der Waals surface area contributed by atoms with E-state index >= 15 is 0 Å². The van der Waals surface area contributed by atoms with Crippen molar-refractivity contribution in [3.8, 4) is 0 Å². The summed E-state index contributed by atoms with van der Waals surface area (Å²) in [4.78, 5) is 22.4. The summed E-state index contributed by atoms with van der Waals surface area (Å²) in [5.41, 5.74) is -1.39. The van der Waals surface area contributed by atoms with Gasteiger partial charge in [0.25, 0.3) is 0 Å². The molecule has 0 aliphatic heterocycles. The first kappa shape index (κ1) is 14.9. The molecule has 0 aromatic carbocycles. The van der Waals surface area contributed by atoms with Gasteiger partial charge in [-0.3, -0.25) is 4.79 Å². The van der Waals surface area contributed by atoms with Crippen molar-refractivity contribution in [1.82, 2.24) is 5.32 Å². The van der Waals surface area contributed by atoms with Gasteiger partial charge in [-0.2, -0.15) is 0 Å². The highest BCUT2D eigenvalue weighted by Gasteiger charge is 2.34. The highest BCUT2D eigenvalue weighted by Crippen LogP contribution is 2.05. The fourth-order valence-corrected chi connectivity index (χ4v) is 1.12. The van der Waals surface area contributed by atoms with Gasteiger partial charge in [0, 0.05) is 20.1 Å². The molecule has 0 aliphatic carbocycles. The third kappa shape index (κ3) is 5.09. The average Bonchev–Trinajstić information content (AvgIpc) is 2.18. The van der Waals surface area contributed by atoms with Gasteiger partial charge in [-0.25, -0.2) is 4.79 Å². The van der Waals surface area contributed by atoms with E-state index in [2.05, 4.69) is 5.32 Å². The van der Waals surface area contributed by atoms with E-state index < -0.39 is 11.5 Å². The number of rotatable bonds is 8. The minimum absolute atomic E-state index is 0.0806. The van der Waals surface area contributed by atoms with E-state index in [4.69, 9.17) is 14.6 Å². The molecule has 16 heavy (non-hydrogen) atoms. The van der Waals surface area contributed by atoms with Crippen LogP contribution in [0.1, 0.15) is 20.3 Å². The molecule has 2 N–H and O–H groups in total. The van der Waals surface area contributed by atoms with Gasteiger partial charge in [0.2, 0.25) is 5.91 Å². The molecule has 1 amide bonds. The molecule has 0 bridgehead atoms. The average molecular weight is 233 g/mol. The van der Waals surface area contributed by atoms with E-state index in [0.29, 0.717) is 6.61 Å². The molecule has 6 heteroatoms. The Kier molecular flexibility index (Phi) is 6.67. The van der Waals surface area contributed by atoms with E-state index in [1.54, 1.807) is 0 Å². The monoisotopic (exact) mass is 233 g/mol. The lowest BCUT2D eigenvalue weighted by Gasteiger charge is -2.25. The number of carbonyl (C=O) groups is 2. The summed E-state index contributed by atoms with van der Waals surface area (Å²) in [7, 11) is 1.38. The molecule has 0 saturated carbocycles. The Bertz CT molecular complexity index is 243. The van der Waals surface area contributed by atoms with Crippen molar-refractivity contribution >= 4 is 11.9 Å². The van der Waals surface area contributed by atoms with Crippen LogP contribution in [0.3, 0.4) is 0 Å². The third-order valence-electron chi connectivity index (χ3n) is 2.00. The maximum absolute atomic E-state index is 11.4. The summed E-state index contributed by atoms with van der Waals surface area (Å²) in [6, 6.07) is 0. The zero-order chi connectivity index (χ0) is 12.6. The Morgan fingerprint density at radius 2 is 2.06 bits per heavy atom. The van der Waals surface area contributed by atoms with Crippen LogP contribution >= 0.6 is 0 Å². The van der Waals surface area contributed by atoms with E-state index in [0.717, 1.165) is 0 Å². The van der Waals surface area contributed by atoms with E-state index in [1.165, 1.54) is 14.0 Å². The quantitative estimate of drug-likeness (QED) is 0.577. The fraction of sp³-hybridized carbons (Fsp3) is 0.800. The number of carbonyl (C=O) groups excluding carboxylic acids is 1. The van der Waals surface area contributed by atoms with Crippen LogP contribution in [0.25, 0.3) is 0 Å². The third-order valence-corrected chi connectivity index (χ3v) is 2.00. The number of carboxylic acid groups (broad SMARTS) is 1. The second-order valence-corrected chi connectivity index (χ2v) is 3.57. The fourth-order valence-electron chi connectivity index (χ4n) is 1.12. The van der Waals surface area contributed by atoms with Crippen molar-refractivity contribution in [2.45, 2.75) is 25.8 Å². The van der Waals surface area contributed by atoms with Gasteiger partial charge < -0.3 is 19.9 Å². The van der Waals surface area contributed by atoms with Crippen molar-refractivity contribution in [2.24, 2.45) is 0 Å². The predicted molar refractivity (Wildman–Crippen MR) is 57.2 cm³/mol. The Morgan fingerprint density at radius 3 is 2.50 bits per heavy atom. The smallest absolute Gasteiger partial charge is 0.331 e. The van der Waals surface area contributed by atoms with Gasteiger partial charge >= 0.3 is 5.97 Å². The van der Waals surface area contributed by atoms with Gasteiger partial charge in [0.1, 0.15) is 0 Å². The number of hydrogen-bond donors (Lipinski definition) is 2. The van der Waals surface area contributed by atoms with Crippen LogP contribution in [0.2, 0.25) is 0 Å². The Morgan fingerprint density at radius 1 is 1.44 bits per heavy atom.